The molecule has 0 atom stereocenters. The van der Waals surface area contributed by atoms with Gasteiger partial charge in [0.2, 0.25) is 0 Å². The Kier molecular flexibility index (Phi) is 5.94. The van der Waals surface area contributed by atoms with E-state index in [1.807, 2.05) is 0 Å². The van der Waals surface area contributed by atoms with Crippen molar-refractivity contribution in [3.8, 4) is 0 Å². The number of aromatic nitrogens is 1. The zero-order valence-electron chi connectivity index (χ0n) is 10.1. The molecule has 1 N–H and O–H groups in total. The molecule has 1 aromatic heterocycles. The van der Waals surface area contributed by atoms with Gasteiger partial charge in [-0.05, 0) is 31.9 Å². The van der Waals surface area contributed by atoms with Crippen LogP contribution in [0, 0.1) is 6.92 Å². The summed E-state index contributed by atoms with van der Waals surface area (Å²) in [5, 5.41) is 3.17. The topological polar surface area (TPSA) is 51.2 Å². The molecule has 1 rings (SSSR count). The van der Waals surface area contributed by atoms with Gasteiger partial charge in [0.1, 0.15) is 5.15 Å². The molecule has 0 aliphatic carbocycles. The van der Waals surface area contributed by atoms with Crippen LogP contribution in [-0.2, 0) is 4.74 Å². The molecule has 0 aliphatic rings. The van der Waals surface area contributed by atoms with E-state index in [1.165, 1.54) is 0 Å². The number of halogens is 1. The first-order valence-electron chi connectivity index (χ1n) is 5.55. The summed E-state index contributed by atoms with van der Waals surface area (Å²) in [6.45, 7) is 3.17. The van der Waals surface area contributed by atoms with E-state index >= 15 is 0 Å². The van der Waals surface area contributed by atoms with Crippen molar-refractivity contribution in [2.45, 2.75) is 19.8 Å². The monoisotopic (exact) mass is 256 g/mol. The number of carbonyl (C=O) groups is 1. The second-order valence-corrected chi connectivity index (χ2v) is 4.16. The van der Waals surface area contributed by atoms with Crippen LogP contribution in [-0.4, -0.2) is 31.2 Å². The quantitative estimate of drug-likeness (QED) is 0.627. The van der Waals surface area contributed by atoms with Gasteiger partial charge in [-0.25, -0.2) is 4.98 Å². The number of nitrogens with one attached hydrogen (secondary N) is 1. The third-order valence-electron chi connectivity index (χ3n) is 2.25. The molecule has 0 fully saturated rings. The molecule has 5 heteroatoms. The maximum Gasteiger partial charge on any atom is 0.251 e. The summed E-state index contributed by atoms with van der Waals surface area (Å²) < 4.78 is 4.93. The molecule has 0 aliphatic heterocycles. The summed E-state index contributed by atoms with van der Waals surface area (Å²) in [4.78, 5) is 15.8. The number of hydrogen-bond donors (Lipinski definition) is 1. The Morgan fingerprint density at radius 1 is 1.47 bits per heavy atom. The number of methoxy groups -OCH3 is 1. The lowest BCUT2D eigenvalue weighted by Gasteiger charge is -2.06. The van der Waals surface area contributed by atoms with Crippen LogP contribution in [0.5, 0.6) is 0 Å². The van der Waals surface area contributed by atoms with Crippen molar-refractivity contribution in [1.29, 1.82) is 0 Å². The summed E-state index contributed by atoms with van der Waals surface area (Å²) in [7, 11) is 1.67. The van der Waals surface area contributed by atoms with E-state index < -0.39 is 0 Å². The minimum atomic E-state index is -0.116. The Morgan fingerprint density at radius 2 is 2.24 bits per heavy atom. The van der Waals surface area contributed by atoms with Crippen LogP contribution in [0.15, 0.2) is 12.1 Å². The Balaban J connectivity index is 2.41. The summed E-state index contributed by atoms with van der Waals surface area (Å²) in [5.41, 5.74) is 1.29. The van der Waals surface area contributed by atoms with E-state index in [2.05, 4.69) is 10.3 Å². The van der Waals surface area contributed by atoms with Crippen molar-refractivity contribution >= 4 is 17.5 Å². The zero-order chi connectivity index (χ0) is 12.7. The maximum absolute atomic E-state index is 11.8. The van der Waals surface area contributed by atoms with Gasteiger partial charge in [-0.15, -0.1) is 0 Å². The lowest BCUT2D eigenvalue weighted by Crippen LogP contribution is -2.24. The number of unbranched alkanes of at least 4 members (excludes halogenated alkanes) is 1. The molecule has 0 unspecified atom stereocenters. The van der Waals surface area contributed by atoms with E-state index in [0.717, 1.165) is 25.1 Å². The molecule has 0 saturated carbocycles. The first-order chi connectivity index (χ1) is 8.13. The smallest absolute Gasteiger partial charge is 0.251 e. The normalized spacial score (nSPS) is 10.3. The second kappa shape index (κ2) is 7.25. The number of ether oxygens (including phenoxy) is 1. The van der Waals surface area contributed by atoms with Crippen molar-refractivity contribution in [1.82, 2.24) is 10.3 Å². The van der Waals surface area contributed by atoms with Crippen molar-refractivity contribution in [3.05, 3.63) is 28.5 Å². The van der Waals surface area contributed by atoms with Crippen molar-refractivity contribution in [2.75, 3.05) is 20.3 Å². The third-order valence-corrected chi connectivity index (χ3v) is 2.44. The first kappa shape index (κ1) is 13.9. The summed E-state index contributed by atoms with van der Waals surface area (Å²) in [6.07, 6.45) is 1.84. The molecule has 1 amide bonds. The molecule has 0 aromatic carbocycles. The fourth-order valence-electron chi connectivity index (χ4n) is 1.43. The Bertz CT molecular complexity index is 363. The Morgan fingerprint density at radius 3 is 2.88 bits per heavy atom. The van der Waals surface area contributed by atoms with Crippen LogP contribution in [0.4, 0.5) is 0 Å². The van der Waals surface area contributed by atoms with Crippen LogP contribution in [0.2, 0.25) is 5.15 Å². The lowest BCUT2D eigenvalue weighted by molar-refractivity contribution is 0.0951. The minimum Gasteiger partial charge on any atom is -0.385 e. The van der Waals surface area contributed by atoms with Gasteiger partial charge in [0.05, 0.1) is 0 Å². The number of amides is 1. The highest BCUT2D eigenvalue weighted by Crippen LogP contribution is 2.10. The van der Waals surface area contributed by atoms with Crippen LogP contribution in [0.3, 0.4) is 0 Å². The van der Waals surface area contributed by atoms with E-state index in [-0.39, 0.29) is 5.91 Å². The van der Waals surface area contributed by atoms with Gasteiger partial charge in [0, 0.05) is 31.5 Å². The molecule has 0 saturated heterocycles. The molecule has 0 radical (unpaired) electrons. The van der Waals surface area contributed by atoms with E-state index in [4.69, 9.17) is 16.3 Å². The Hall–Kier alpha value is -1.13. The minimum absolute atomic E-state index is 0.116. The number of carbonyl (C=O) groups excluding carboxylic acids is 1. The van der Waals surface area contributed by atoms with Crippen LogP contribution >= 0.6 is 11.6 Å². The van der Waals surface area contributed by atoms with Crippen molar-refractivity contribution in [3.63, 3.8) is 0 Å². The molecular weight excluding hydrogens is 240 g/mol. The van der Waals surface area contributed by atoms with Crippen LogP contribution < -0.4 is 5.32 Å². The molecule has 1 aromatic rings. The highest BCUT2D eigenvalue weighted by Gasteiger charge is 2.06. The van der Waals surface area contributed by atoms with Gasteiger partial charge in [-0.1, -0.05) is 11.6 Å². The van der Waals surface area contributed by atoms with E-state index in [9.17, 15) is 4.79 Å². The van der Waals surface area contributed by atoms with Crippen LogP contribution in [0.25, 0.3) is 0 Å². The van der Waals surface area contributed by atoms with Gasteiger partial charge in [0.15, 0.2) is 0 Å². The Labute approximate surface area is 106 Å². The zero-order valence-corrected chi connectivity index (χ0v) is 10.9. The first-order valence-corrected chi connectivity index (χ1v) is 5.92. The number of hydrogen-bond acceptors (Lipinski definition) is 3. The van der Waals surface area contributed by atoms with Gasteiger partial charge in [-0.3, -0.25) is 4.79 Å². The summed E-state index contributed by atoms with van der Waals surface area (Å²) in [6, 6.07) is 3.29. The molecule has 1 heterocycles. The summed E-state index contributed by atoms with van der Waals surface area (Å²) >= 11 is 5.79. The summed E-state index contributed by atoms with van der Waals surface area (Å²) in [5.74, 6) is -0.116. The van der Waals surface area contributed by atoms with Gasteiger partial charge < -0.3 is 10.1 Å². The van der Waals surface area contributed by atoms with Gasteiger partial charge in [0.25, 0.3) is 5.91 Å². The number of nitrogens with zero attached hydrogens (tertiary/aromatic N) is 1. The molecular formula is C12H17ClN2O2. The molecule has 4 nitrogen and oxygen atoms in total. The fourth-order valence-corrected chi connectivity index (χ4v) is 1.69. The van der Waals surface area contributed by atoms with Crippen molar-refractivity contribution in [2.24, 2.45) is 0 Å². The average molecular weight is 257 g/mol. The lowest BCUT2D eigenvalue weighted by atomic mass is 10.2. The predicted octanol–water partition coefficient (Wildman–Crippen LogP) is 2.20. The largest absolute Gasteiger partial charge is 0.385 e. The predicted molar refractivity (Wildman–Crippen MR) is 67.4 cm³/mol. The van der Waals surface area contributed by atoms with E-state index in [1.54, 1.807) is 26.2 Å². The highest BCUT2D eigenvalue weighted by molar-refractivity contribution is 6.29. The van der Waals surface area contributed by atoms with E-state index in [0.29, 0.717) is 17.3 Å². The fraction of sp³-hybridized carbons (Fsp3) is 0.500. The number of pyridine rings is 1. The third kappa shape index (κ3) is 5.15. The average Bonchev–Trinajstić information content (AvgIpc) is 2.27. The van der Waals surface area contributed by atoms with Crippen LogP contribution in [0.1, 0.15) is 28.9 Å². The highest BCUT2D eigenvalue weighted by atomic mass is 35.5. The second-order valence-electron chi connectivity index (χ2n) is 3.78. The van der Waals surface area contributed by atoms with Crippen molar-refractivity contribution < 1.29 is 9.53 Å². The SMILES string of the molecule is COCCCCNC(=O)c1cc(C)nc(Cl)c1. The molecule has 0 spiro atoms. The number of aryl methyl sites for hydroxylation is 1. The standard InChI is InChI=1S/C12H17ClN2O2/c1-9-7-10(8-11(13)15-9)12(16)14-5-3-4-6-17-2/h7-8H,3-6H2,1-2H3,(H,14,16). The molecule has 17 heavy (non-hydrogen) atoms. The van der Waals surface area contributed by atoms with Gasteiger partial charge in [-0.2, -0.15) is 0 Å². The molecule has 94 valence electrons. The number of rotatable bonds is 6. The maximum atomic E-state index is 11.8. The molecule has 0 bridgehead atoms. The van der Waals surface area contributed by atoms with Gasteiger partial charge >= 0.3 is 0 Å².